The van der Waals surface area contributed by atoms with E-state index in [4.69, 9.17) is 5.73 Å². The van der Waals surface area contributed by atoms with Crippen LogP contribution >= 0.6 is 11.8 Å². The molecular weight excluding hydrogens is 174 g/mol. The van der Waals surface area contributed by atoms with Crippen LogP contribution in [-0.2, 0) is 0 Å². The van der Waals surface area contributed by atoms with Crippen molar-refractivity contribution < 1.29 is 0 Å². The third-order valence-corrected chi connectivity index (χ3v) is 2.32. The zero-order chi connectivity index (χ0) is 8.97. The maximum absolute atomic E-state index is 10.8. The first-order chi connectivity index (χ1) is 5.72. The lowest BCUT2D eigenvalue weighted by Gasteiger charge is -2.05. The van der Waals surface area contributed by atoms with Crippen molar-refractivity contribution >= 4 is 11.8 Å². The molecule has 1 aromatic heterocycles. The maximum Gasteiger partial charge on any atom is 0.251 e. The number of hydrogen-bond donors (Lipinski definition) is 2. The van der Waals surface area contributed by atoms with E-state index in [1.54, 1.807) is 0 Å². The molecule has 0 fully saturated rings. The molecule has 4 nitrogen and oxygen atoms in total. The van der Waals surface area contributed by atoms with Crippen molar-refractivity contribution in [2.24, 2.45) is 5.73 Å². The van der Waals surface area contributed by atoms with Crippen LogP contribution in [0.5, 0.6) is 0 Å². The topological polar surface area (TPSA) is 71.8 Å². The fraction of sp³-hybridized carbons (Fsp3) is 0.429. The SMILES string of the molecule is CC(CN)Sc1nccc(=O)[nH]1. The Bertz CT molecular complexity index is 299. The summed E-state index contributed by atoms with van der Waals surface area (Å²) in [5.74, 6) is 0. The molecule has 0 aliphatic rings. The molecule has 5 heteroatoms. The van der Waals surface area contributed by atoms with Gasteiger partial charge in [0.25, 0.3) is 5.56 Å². The van der Waals surface area contributed by atoms with Crippen LogP contribution in [0.25, 0.3) is 0 Å². The standard InChI is InChI=1S/C7H11N3OS/c1-5(4-8)12-7-9-3-2-6(11)10-7/h2-3,5H,4,8H2,1H3,(H,9,10,11). The normalized spacial score (nSPS) is 12.8. The van der Waals surface area contributed by atoms with Gasteiger partial charge in [0.05, 0.1) is 0 Å². The zero-order valence-corrected chi connectivity index (χ0v) is 7.60. The fourth-order valence-electron chi connectivity index (χ4n) is 0.651. The number of H-pyrrole nitrogens is 1. The van der Waals surface area contributed by atoms with Crippen LogP contribution in [0, 0.1) is 0 Å². The largest absolute Gasteiger partial charge is 0.329 e. The molecule has 1 aromatic rings. The summed E-state index contributed by atoms with van der Waals surface area (Å²) in [5, 5.41) is 0.899. The maximum atomic E-state index is 10.8. The molecule has 1 heterocycles. The average Bonchev–Trinajstić information content (AvgIpc) is 2.04. The van der Waals surface area contributed by atoms with Crippen molar-refractivity contribution in [1.82, 2.24) is 9.97 Å². The monoisotopic (exact) mass is 185 g/mol. The highest BCUT2D eigenvalue weighted by atomic mass is 32.2. The Morgan fingerprint density at radius 3 is 3.17 bits per heavy atom. The summed E-state index contributed by atoms with van der Waals surface area (Å²) in [5.41, 5.74) is 5.29. The Morgan fingerprint density at radius 1 is 1.83 bits per heavy atom. The van der Waals surface area contributed by atoms with E-state index < -0.39 is 0 Å². The summed E-state index contributed by atoms with van der Waals surface area (Å²) in [6.07, 6.45) is 1.49. The van der Waals surface area contributed by atoms with Crippen molar-refractivity contribution in [3.8, 4) is 0 Å². The van der Waals surface area contributed by atoms with Crippen molar-refractivity contribution in [3.05, 3.63) is 22.6 Å². The number of aromatic amines is 1. The average molecular weight is 185 g/mol. The quantitative estimate of drug-likeness (QED) is 0.521. The van der Waals surface area contributed by atoms with Gasteiger partial charge < -0.3 is 10.7 Å². The summed E-state index contributed by atoms with van der Waals surface area (Å²) in [6, 6.07) is 1.39. The second-order valence-corrected chi connectivity index (χ2v) is 3.83. The van der Waals surface area contributed by atoms with Gasteiger partial charge >= 0.3 is 0 Å². The molecule has 0 radical (unpaired) electrons. The Hall–Kier alpha value is -0.810. The van der Waals surface area contributed by atoms with Gasteiger partial charge in [0, 0.05) is 24.1 Å². The molecule has 0 saturated heterocycles. The van der Waals surface area contributed by atoms with E-state index in [1.165, 1.54) is 24.0 Å². The second kappa shape index (κ2) is 4.27. The highest BCUT2D eigenvalue weighted by Crippen LogP contribution is 2.15. The number of nitrogens with zero attached hydrogens (tertiary/aromatic N) is 1. The van der Waals surface area contributed by atoms with Crippen LogP contribution in [0.1, 0.15) is 6.92 Å². The van der Waals surface area contributed by atoms with Gasteiger partial charge in [0.15, 0.2) is 5.16 Å². The van der Waals surface area contributed by atoms with Crippen LogP contribution in [0.2, 0.25) is 0 Å². The van der Waals surface area contributed by atoms with E-state index in [1.807, 2.05) is 6.92 Å². The van der Waals surface area contributed by atoms with E-state index in [-0.39, 0.29) is 10.8 Å². The van der Waals surface area contributed by atoms with Gasteiger partial charge in [0.1, 0.15) is 0 Å². The minimum atomic E-state index is -0.128. The molecule has 1 rings (SSSR count). The van der Waals surface area contributed by atoms with Crippen molar-refractivity contribution in [2.75, 3.05) is 6.54 Å². The number of thioether (sulfide) groups is 1. The minimum absolute atomic E-state index is 0.128. The van der Waals surface area contributed by atoms with E-state index in [2.05, 4.69) is 9.97 Å². The lowest BCUT2D eigenvalue weighted by atomic mass is 10.5. The Balaban J connectivity index is 2.69. The Labute approximate surface area is 74.6 Å². The first kappa shape index (κ1) is 9.28. The van der Waals surface area contributed by atoms with Gasteiger partial charge in [-0.3, -0.25) is 4.79 Å². The van der Waals surface area contributed by atoms with Gasteiger partial charge in [-0.1, -0.05) is 18.7 Å². The van der Waals surface area contributed by atoms with Crippen LogP contribution in [0.3, 0.4) is 0 Å². The van der Waals surface area contributed by atoms with Crippen molar-refractivity contribution in [2.45, 2.75) is 17.3 Å². The van der Waals surface area contributed by atoms with Gasteiger partial charge in [-0.25, -0.2) is 4.98 Å². The molecule has 3 N–H and O–H groups in total. The number of rotatable bonds is 3. The minimum Gasteiger partial charge on any atom is -0.329 e. The third-order valence-electron chi connectivity index (χ3n) is 1.29. The highest BCUT2D eigenvalue weighted by molar-refractivity contribution is 7.99. The van der Waals surface area contributed by atoms with Crippen molar-refractivity contribution in [1.29, 1.82) is 0 Å². The number of nitrogens with one attached hydrogen (secondary N) is 1. The van der Waals surface area contributed by atoms with Gasteiger partial charge in [0.2, 0.25) is 0 Å². The molecule has 1 atom stereocenters. The molecule has 0 spiro atoms. The Kier molecular flexibility index (Phi) is 3.31. The number of hydrogen-bond acceptors (Lipinski definition) is 4. The van der Waals surface area contributed by atoms with Gasteiger partial charge in [-0.05, 0) is 0 Å². The summed E-state index contributed by atoms with van der Waals surface area (Å²) in [7, 11) is 0. The molecule has 1 unspecified atom stereocenters. The van der Waals surface area contributed by atoms with Gasteiger partial charge in [-0.2, -0.15) is 0 Å². The fourth-order valence-corrected chi connectivity index (χ4v) is 1.41. The van der Waals surface area contributed by atoms with Crippen LogP contribution in [0.4, 0.5) is 0 Å². The van der Waals surface area contributed by atoms with E-state index in [9.17, 15) is 4.79 Å². The summed E-state index contributed by atoms with van der Waals surface area (Å²) in [6.45, 7) is 2.56. The number of nitrogens with two attached hydrogens (primary N) is 1. The zero-order valence-electron chi connectivity index (χ0n) is 6.78. The third kappa shape index (κ3) is 2.67. The molecule has 12 heavy (non-hydrogen) atoms. The summed E-state index contributed by atoms with van der Waals surface area (Å²) < 4.78 is 0. The molecule has 0 aliphatic heterocycles. The molecule has 0 aromatic carbocycles. The van der Waals surface area contributed by atoms with E-state index >= 15 is 0 Å². The molecule has 0 amide bonds. The van der Waals surface area contributed by atoms with E-state index in [0.29, 0.717) is 11.7 Å². The molecular formula is C7H11N3OS. The summed E-state index contributed by atoms with van der Waals surface area (Å²) >= 11 is 1.47. The van der Waals surface area contributed by atoms with Crippen molar-refractivity contribution in [3.63, 3.8) is 0 Å². The summed E-state index contributed by atoms with van der Waals surface area (Å²) in [4.78, 5) is 17.4. The molecule has 0 bridgehead atoms. The first-order valence-electron chi connectivity index (χ1n) is 3.64. The van der Waals surface area contributed by atoms with Crippen LogP contribution in [0.15, 0.2) is 22.2 Å². The number of aromatic nitrogens is 2. The lowest BCUT2D eigenvalue weighted by molar-refractivity contribution is 0.902. The van der Waals surface area contributed by atoms with Crippen LogP contribution in [-0.4, -0.2) is 21.8 Å². The smallest absolute Gasteiger partial charge is 0.251 e. The molecule has 0 saturated carbocycles. The highest BCUT2D eigenvalue weighted by Gasteiger charge is 2.02. The first-order valence-corrected chi connectivity index (χ1v) is 4.52. The van der Waals surface area contributed by atoms with Gasteiger partial charge in [-0.15, -0.1) is 0 Å². The molecule has 66 valence electrons. The Morgan fingerprint density at radius 2 is 2.58 bits per heavy atom. The predicted octanol–water partition coefficient (Wildman–Crippen LogP) is 0.209. The molecule has 0 aliphatic carbocycles. The van der Waals surface area contributed by atoms with Crippen LogP contribution < -0.4 is 11.3 Å². The second-order valence-electron chi connectivity index (χ2n) is 2.40. The van der Waals surface area contributed by atoms with E-state index in [0.717, 1.165) is 0 Å². The predicted molar refractivity (Wildman–Crippen MR) is 49.2 cm³/mol. The lowest BCUT2D eigenvalue weighted by Crippen LogP contribution is -2.14.